The summed E-state index contributed by atoms with van der Waals surface area (Å²) in [4.78, 5) is -0.0403. The molecule has 0 heterocycles. The third-order valence-corrected chi connectivity index (χ3v) is 5.58. The minimum Gasteiger partial charge on any atom is -0.207 e. The summed E-state index contributed by atoms with van der Waals surface area (Å²) in [5, 5.41) is 0.434. The molecule has 1 aromatic carbocycles. The lowest BCUT2D eigenvalue weighted by Gasteiger charge is -2.26. The van der Waals surface area contributed by atoms with Crippen LogP contribution in [0.15, 0.2) is 23.1 Å². The van der Waals surface area contributed by atoms with E-state index < -0.39 is 15.6 Å². The minimum atomic E-state index is -3.75. The van der Waals surface area contributed by atoms with Gasteiger partial charge in [0, 0.05) is 16.4 Å². The van der Waals surface area contributed by atoms with Crippen LogP contribution in [0.2, 0.25) is 10.0 Å². The second kappa shape index (κ2) is 5.97. The maximum Gasteiger partial charge on any atom is 0.242 e. The third kappa shape index (κ3) is 3.75. The molecule has 0 saturated carbocycles. The van der Waals surface area contributed by atoms with Crippen molar-refractivity contribution in [3.8, 4) is 0 Å². The number of sulfonamides is 1. The van der Waals surface area contributed by atoms with Crippen LogP contribution in [-0.4, -0.2) is 19.8 Å². The lowest BCUT2D eigenvalue weighted by atomic mass is 10.0. The lowest BCUT2D eigenvalue weighted by molar-refractivity contribution is 0.444. The zero-order chi connectivity index (χ0) is 14.0. The molecule has 0 saturated heterocycles. The van der Waals surface area contributed by atoms with Gasteiger partial charge in [0.05, 0.1) is 5.02 Å². The topological polar surface area (TPSA) is 46.2 Å². The average molecular weight is 331 g/mol. The highest BCUT2D eigenvalue weighted by molar-refractivity contribution is 7.89. The summed E-state index contributed by atoms with van der Waals surface area (Å²) in [6, 6.07) is 4.29. The molecule has 0 amide bonds. The summed E-state index contributed by atoms with van der Waals surface area (Å²) in [6.07, 6.45) is 0.563. The Hall–Kier alpha value is -0.000000000000000111. The molecule has 1 rings (SSSR count). The van der Waals surface area contributed by atoms with Gasteiger partial charge in [-0.25, -0.2) is 13.1 Å². The predicted octanol–water partition coefficient (Wildman–Crippen LogP) is 3.68. The van der Waals surface area contributed by atoms with Gasteiger partial charge in [-0.3, -0.25) is 0 Å². The molecule has 18 heavy (non-hydrogen) atoms. The molecule has 102 valence electrons. The fourth-order valence-corrected chi connectivity index (χ4v) is 3.83. The van der Waals surface area contributed by atoms with Gasteiger partial charge in [-0.15, -0.1) is 11.6 Å². The molecule has 0 aliphatic carbocycles. The van der Waals surface area contributed by atoms with Crippen LogP contribution in [0.5, 0.6) is 0 Å². The number of nitrogens with one attached hydrogen (secondary N) is 1. The van der Waals surface area contributed by atoms with Crippen molar-refractivity contribution in [3.05, 3.63) is 28.2 Å². The van der Waals surface area contributed by atoms with Crippen LogP contribution < -0.4 is 4.72 Å². The molecule has 1 N–H and O–H groups in total. The highest BCUT2D eigenvalue weighted by atomic mass is 35.5. The third-order valence-electron chi connectivity index (χ3n) is 2.64. The first-order valence-electron chi connectivity index (χ1n) is 5.29. The Kier molecular flexibility index (Phi) is 5.32. The number of alkyl halides is 1. The van der Waals surface area contributed by atoms with E-state index in [0.29, 0.717) is 11.4 Å². The number of benzene rings is 1. The fraction of sp³-hybridized carbons (Fsp3) is 0.455. The van der Waals surface area contributed by atoms with E-state index in [4.69, 9.17) is 34.8 Å². The molecule has 0 spiro atoms. The fourth-order valence-electron chi connectivity index (χ4n) is 1.26. The molecule has 1 unspecified atom stereocenters. The van der Waals surface area contributed by atoms with Crippen molar-refractivity contribution in [3.63, 3.8) is 0 Å². The molecular formula is C11H14Cl3NO2S. The van der Waals surface area contributed by atoms with Crippen molar-refractivity contribution >= 4 is 44.8 Å². The molecule has 0 fully saturated rings. The number of rotatable bonds is 5. The Balaban J connectivity index is 3.18. The Morgan fingerprint density at radius 1 is 1.33 bits per heavy atom. The molecule has 0 radical (unpaired) electrons. The molecule has 3 nitrogen and oxygen atoms in total. The summed E-state index contributed by atoms with van der Waals surface area (Å²) < 4.78 is 27.0. The Morgan fingerprint density at radius 3 is 2.44 bits per heavy atom. The average Bonchev–Trinajstić information content (AvgIpc) is 2.31. The van der Waals surface area contributed by atoms with Gasteiger partial charge in [0.25, 0.3) is 0 Å². The van der Waals surface area contributed by atoms with Crippen LogP contribution in [0.25, 0.3) is 0 Å². The number of hydrogen-bond donors (Lipinski definition) is 1. The summed E-state index contributed by atoms with van der Waals surface area (Å²) in [5.74, 6) is 0.168. The van der Waals surface area contributed by atoms with E-state index >= 15 is 0 Å². The summed E-state index contributed by atoms with van der Waals surface area (Å²) in [5.41, 5.74) is -0.716. The number of halogens is 3. The summed E-state index contributed by atoms with van der Waals surface area (Å²) >= 11 is 17.5. The van der Waals surface area contributed by atoms with Crippen molar-refractivity contribution in [2.75, 3.05) is 5.88 Å². The van der Waals surface area contributed by atoms with E-state index in [-0.39, 0.29) is 15.8 Å². The second-order valence-corrected chi connectivity index (χ2v) is 6.99. The molecule has 0 aliphatic rings. The zero-order valence-electron chi connectivity index (χ0n) is 10.0. The van der Waals surface area contributed by atoms with Crippen LogP contribution in [-0.2, 0) is 10.0 Å². The second-order valence-electron chi connectivity index (χ2n) is 4.23. The van der Waals surface area contributed by atoms with E-state index in [9.17, 15) is 8.42 Å². The van der Waals surface area contributed by atoms with E-state index in [1.165, 1.54) is 18.2 Å². The maximum atomic E-state index is 12.2. The summed E-state index contributed by atoms with van der Waals surface area (Å²) in [7, 11) is -3.75. The maximum absolute atomic E-state index is 12.2. The Bertz CT molecular complexity index is 527. The zero-order valence-corrected chi connectivity index (χ0v) is 13.1. The molecule has 7 heteroatoms. The van der Waals surface area contributed by atoms with E-state index in [2.05, 4.69) is 4.72 Å². The SMILES string of the molecule is CCC(C)(CCl)NS(=O)(=O)c1cc(Cl)ccc1Cl. The van der Waals surface area contributed by atoms with E-state index in [0.717, 1.165) is 0 Å². The van der Waals surface area contributed by atoms with Crippen molar-refractivity contribution in [1.29, 1.82) is 0 Å². The van der Waals surface area contributed by atoms with Crippen LogP contribution in [0.4, 0.5) is 0 Å². The quantitative estimate of drug-likeness (QED) is 0.837. The van der Waals surface area contributed by atoms with E-state index in [1.54, 1.807) is 6.92 Å². The highest BCUT2D eigenvalue weighted by Gasteiger charge is 2.29. The van der Waals surface area contributed by atoms with Crippen molar-refractivity contribution < 1.29 is 8.42 Å². The monoisotopic (exact) mass is 329 g/mol. The van der Waals surface area contributed by atoms with Gasteiger partial charge in [-0.2, -0.15) is 0 Å². The largest absolute Gasteiger partial charge is 0.242 e. The van der Waals surface area contributed by atoms with Crippen LogP contribution >= 0.6 is 34.8 Å². The van der Waals surface area contributed by atoms with Gasteiger partial charge >= 0.3 is 0 Å². The molecule has 0 bridgehead atoms. The highest BCUT2D eigenvalue weighted by Crippen LogP contribution is 2.26. The molecule has 0 aliphatic heterocycles. The van der Waals surface area contributed by atoms with Gasteiger partial charge in [-0.05, 0) is 31.5 Å². The standard InChI is InChI=1S/C11H14Cl3NO2S/c1-3-11(2,7-12)15-18(16,17)10-6-8(13)4-5-9(10)14/h4-6,15H,3,7H2,1-2H3. The van der Waals surface area contributed by atoms with Crippen molar-refractivity contribution in [1.82, 2.24) is 4.72 Å². The van der Waals surface area contributed by atoms with Crippen molar-refractivity contribution in [2.24, 2.45) is 0 Å². The smallest absolute Gasteiger partial charge is 0.207 e. The van der Waals surface area contributed by atoms with Gasteiger partial charge in [-0.1, -0.05) is 30.1 Å². The summed E-state index contributed by atoms with van der Waals surface area (Å²) in [6.45, 7) is 3.58. The van der Waals surface area contributed by atoms with Gasteiger partial charge in [0.2, 0.25) is 10.0 Å². The first-order chi connectivity index (χ1) is 8.24. The minimum absolute atomic E-state index is 0.0403. The van der Waals surface area contributed by atoms with Gasteiger partial charge in [0.15, 0.2) is 0 Å². The van der Waals surface area contributed by atoms with Gasteiger partial charge < -0.3 is 0 Å². The van der Waals surface area contributed by atoms with Crippen LogP contribution in [0.3, 0.4) is 0 Å². The van der Waals surface area contributed by atoms with Crippen LogP contribution in [0.1, 0.15) is 20.3 Å². The molecule has 1 atom stereocenters. The number of hydrogen-bond acceptors (Lipinski definition) is 2. The molecular weight excluding hydrogens is 317 g/mol. The van der Waals surface area contributed by atoms with Gasteiger partial charge in [0.1, 0.15) is 4.90 Å². The van der Waals surface area contributed by atoms with Crippen LogP contribution in [0, 0.1) is 0 Å². The molecule has 0 aromatic heterocycles. The normalized spacial score (nSPS) is 15.4. The Labute approximate surface area is 122 Å². The van der Waals surface area contributed by atoms with Crippen molar-refractivity contribution in [2.45, 2.75) is 30.7 Å². The predicted molar refractivity (Wildman–Crippen MR) is 76.2 cm³/mol. The molecule has 1 aromatic rings. The first-order valence-corrected chi connectivity index (χ1v) is 8.06. The lowest BCUT2D eigenvalue weighted by Crippen LogP contribution is -2.46. The van der Waals surface area contributed by atoms with E-state index in [1.807, 2.05) is 6.92 Å². The Morgan fingerprint density at radius 2 is 1.94 bits per heavy atom. The first kappa shape index (κ1) is 16.1.